The van der Waals surface area contributed by atoms with Crippen molar-refractivity contribution in [1.29, 1.82) is 0 Å². The van der Waals surface area contributed by atoms with Crippen LogP contribution in [0.3, 0.4) is 0 Å². The van der Waals surface area contributed by atoms with Gasteiger partial charge in [0.15, 0.2) is 0 Å². The number of halogens is 1. The lowest BCUT2D eigenvalue weighted by atomic mass is 9.47. The Labute approximate surface area is 300 Å². The number of unbranched alkanes of at least 4 members (excludes halogenated alkanes) is 1. The molecule has 5 nitrogen and oxygen atoms in total. The molecule has 0 aromatic rings. The Morgan fingerprint density at radius 3 is 2.15 bits per heavy atom. The Morgan fingerprint density at radius 2 is 1.65 bits per heavy atom. The van der Waals surface area contributed by atoms with Crippen LogP contribution in [0.15, 0.2) is 42.6 Å². The number of nitrogens with zero attached hydrogens (tertiary/aromatic N) is 1. The zero-order valence-electron chi connectivity index (χ0n) is 34.1. The summed E-state index contributed by atoms with van der Waals surface area (Å²) in [4.78, 5) is 5.79. The third kappa shape index (κ3) is 16.5. The van der Waals surface area contributed by atoms with Gasteiger partial charge in [0.1, 0.15) is 6.61 Å². The minimum atomic E-state index is -0.208. The summed E-state index contributed by atoms with van der Waals surface area (Å²) in [5, 5.41) is 7.46. The van der Waals surface area contributed by atoms with Crippen molar-refractivity contribution in [2.75, 3.05) is 33.9 Å². The molecular formula is C42H85FN4O. The fourth-order valence-electron chi connectivity index (χ4n) is 8.56. The highest BCUT2D eigenvalue weighted by molar-refractivity contribution is 5.85. The molecule has 0 heterocycles. The van der Waals surface area contributed by atoms with Crippen molar-refractivity contribution >= 4 is 5.71 Å². The van der Waals surface area contributed by atoms with Crippen LogP contribution >= 0.6 is 0 Å². The maximum atomic E-state index is 11.1. The van der Waals surface area contributed by atoms with E-state index in [1.165, 1.54) is 83.4 Å². The molecule has 0 saturated heterocycles. The number of nitrogens with two attached hydrogens (primary N) is 2. The lowest BCUT2D eigenvalue weighted by Crippen LogP contribution is -2.50. The minimum absolute atomic E-state index is 0.208. The largest absolute Gasteiger partial charge is 0.396 e. The van der Waals surface area contributed by atoms with Gasteiger partial charge in [0.25, 0.3) is 0 Å². The van der Waals surface area contributed by atoms with Crippen LogP contribution < -0.4 is 16.8 Å². The number of oxime groups is 1. The third-order valence-corrected chi connectivity index (χ3v) is 10.6. The summed E-state index contributed by atoms with van der Waals surface area (Å²) >= 11 is 0. The van der Waals surface area contributed by atoms with Gasteiger partial charge in [0, 0.05) is 12.0 Å². The van der Waals surface area contributed by atoms with Gasteiger partial charge in [-0.25, -0.2) is 0 Å². The van der Waals surface area contributed by atoms with Gasteiger partial charge in [-0.3, -0.25) is 4.39 Å². The first kappa shape index (κ1) is 50.9. The van der Waals surface area contributed by atoms with E-state index in [-0.39, 0.29) is 12.7 Å². The molecule has 0 aromatic carbocycles. The zero-order chi connectivity index (χ0) is 37.6. The molecule has 0 aliphatic heterocycles. The van der Waals surface area contributed by atoms with Crippen molar-refractivity contribution in [3.8, 4) is 0 Å². The first-order chi connectivity index (χ1) is 23.1. The second kappa shape index (κ2) is 31.5. The number of hydrogen-bond donors (Lipinski definition) is 3. The first-order valence-corrected chi connectivity index (χ1v) is 19.7. The Kier molecular flexibility index (Phi) is 33.4. The zero-order valence-corrected chi connectivity index (χ0v) is 34.1. The fourth-order valence-corrected chi connectivity index (χ4v) is 8.56. The van der Waals surface area contributed by atoms with Gasteiger partial charge in [0.2, 0.25) is 0 Å². The summed E-state index contributed by atoms with van der Waals surface area (Å²) < 4.78 is 11.1. The monoisotopic (exact) mass is 681 g/mol. The minimum Gasteiger partial charge on any atom is -0.396 e. The topological polar surface area (TPSA) is 85.7 Å². The first-order valence-electron chi connectivity index (χ1n) is 19.7. The van der Waals surface area contributed by atoms with Crippen molar-refractivity contribution < 1.29 is 9.23 Å². The van der Waals surface area contributed by atoms with E-state index >= 15 is 0 Å². The maximum Gasteiger partial charge on any atom is 0.118 e. The Bertz CT molecular complexity index is 813. The van der Waals surface area contributed by atoms with E-state index in [1.54, 1.807) is 5.57 Å². The summed E-state index contributed by atoms with van der Waals surface area (Å²) in [5.74, 6) is 3.08. The van der Waals surface area contributed by atoms with Gasteiger partial charge in [-0.1, -0.05) is 111 Å². The van der Waals surface area contributed by atoms with E-state index < -0.39 is 0 Å². The van der Waals surface area contributed by atoms with Crippen LogP contribution in [-0.4, -0.2) is 45.7 Å². The summed E-state index contributed by atoms with van der Waals surface area (Å²) in [7, 11) is 3.32. The molecule has 48 heavy (non-hydrogen) atoms. The highest BCUT2D eigenvalue weighted by atomic mass is 19.1. The van der Waals surface area contributed by atoms with Crippen molar-refractivity contribution in [1.82, 2.24) is 5.32 Å². The molecule has 286 valence electrons. The van der Waals surface area contributed by atoms with E-state index in [2.05, 4.69) is 90.5 Å². The molecule has 5 N–H and O–H groups in total. The van der Waals surface area contributed by atoms with E-state index in [4.69, 9.17) is 10.6 Å². The molecule has 3 rings (SSSR count). The van der Waals surface area contributed by atoms with Gasteiger partial charge < -0.3 is 21.6 Å². The number of allylic oxidation sites excluding steroid dienone is 3. The molecule has 3 fully saturated rings. The van der Waals surface area contributed by atoms with E-state index in [0.29, 0.717) is 29.8 Å². The second-order valence-electron chi connectivity index (χ2n) is 13.8. The van der Waals surface area contributed by atoms with Gasteiger partial charge in [0.05, 0.1) is 12.4 Å². The average molecular weight is 681 g/mol. The van der Waals surface area contributed by atoms with Crippen LogP contribution in [0.5, 0.6) is 0 Å². The maximum absolute atomic E-state index is 11.1. The lowest BCUT2D eigenvalue weighted by molar-refractivity contribution is -0.0412. The molecule has 0 bridgehead atoms. The summed E-state index contributed by atoms with van der Waals surface area (Å²) in [5.41, 5.74) is 14.3. The number of rotatable bonds is 14. The predicted molar refractivity (Wildman–Crippen MR) is 215 cm³/mol. The van der Waals surface area contributed by atoms with E-state index in [9.17, 15) is 4.39 Å². The fraction of sp³-hybridized carbons (Fsp3) is 0.833. The molecular weight excluding hydrogens is 595 g/mol. The molecule has 3 aliphatic rings. The van der Waals surface area contributed by atoms with Crippen LogP contribution in [-0.2, 0) is 4.84 Å². The molecule has 7 atom stereocenters. The molecule has 6 heteroatoms. The molecule has 0 amide bonds. The highest BCUT2D eigenvalue weighted by Gasteiger charge is 2.58. The molecule has 3 saturated carbocycles. The normalized spacial score (nSPS) is 28.4. The van der Waals surface area contributed by atoms with Crippen molar-refractivity contribution in [2.24, 2.45) is 51.1 Å². The van der Waals surface area contributed by atoms with Gasteiger partial charge >= 0.3 is 0 Å². The number of alkyl halides is 1. The van der Waals surface area contributed by atoms with Crippen LogP contribution in [0.2, 0.25) is 0 Å². The van der Waals surface area contributed by atoms with Crippen molar-refractivity contribution in [2.45, 2.75) is 158 Å². The van der Waals surface area contributed by atoms with Crippen LogP contribution in [0.4, 0.5) is 4.39 Å². The summed E-state index contributed by atoms with van der Waals surface area (Å²) in [6, 6.07) is 0.243. The van der Waals surface area contributed by atoms with Crippen LogP contribution in [0.25, 0.3) is 0 Å². The summed E-state index contributed by atoms with van der Waals surface area (Å²) in [6.07, 6.45) is 21.2. The summed E-state index contributed by atoms with van der Waals surface area (Å²) in [6.45, 7) is 31.4. The molecule has 0 radical (unpaired) electrons. The number of fused-ring (bicyclic) bond motifs is 3. The van der Waals surface area contributed by atoms with Crippen LogP contribution in [0.1, 0.15) is 152 Å². The third-order valence-electron chi connectivity index (χ3n) is 10.6. The number of hydrogen-bond acceptors (Lipinski definition) is 5. The second-order valence-corrected chi connectivity index (χ2v) is 13.8. The standard InChI is InChI=1S/C30H52N2O.C4H10FN.C3H8.C2H6.C2H4.CH5N/c1-7-10-12-24(31)18-21-33-32-22(4)26-15-16-27-25-14-13-23(11-8-2)29(5,19-9-3)28(25)17-20-30(26,27)6;1-6-4-2-3-5;1-3-2;3*1-2/h8,11,24-28H,2,7,9-10,12-21,31H2,1,3-6H3;6H,2-4H2,1H3;3H2,1-2H3;1-2H3;1-2H2;2H2,1H3/b23-11-,32-22+;;;;;. The molecule has 0 spiro atoms. The van der Waals surface area contributed by atoms with E-state index in [1.807, 2.05) is 27.0 Å². The van der Waals surface area contributed by atoms with Crippen molar-refractivity contribution in [3.63, 3.8) is 0 Å². The lowest BCUT2D eigenvalue weighted by Gasteiger charge is -2.57. The molecule has 0 aromatic heterocycles. The van der Waals surface area contributed by atoms with Gasteiger partial charge in [-0.05, 0) is 120 Å². The smallest absolute Gasteiger partial charge is 0.118 e. The van der Waals surface area contributed by atoms with Crippen molar-refractivity contribution in [3.05, 3.63) is 37.5 Å². The predicted octanol–water partition coefficient (Wildman–Crippen LogP) is 11.4. The average Bonchev–Trinajstić information content (AvgIpc) is 3.47. The molecule has 7 unspecified atom stereocenters. The Balaban J connectivity index is -0.00000115. The van der Waals surface area contributed by atoms with E-state index in [0.717, 1.165) is 37.1 Å². The van der Waals surface area contributed by atoms with Gasteiger partial charge in [-0.2, -0.15) is 0 Å². The van der Waals surface area contributed by atoms with Crippen LogP contribution in [0, 0.1) is 34.5 Å². The Morgan fingerprint density at radius 1 is 1.02 bits per heavy atom. The quantitative estimate of drug-likeness (QED) is 0.0737. The number of nitrogens with one attached hydrogen (secondary N) is 1. The van der Waals surface area contributed by atoms with Gasteiger partial charge in [-0.15, -0.1) is 13.2 Å². The highest BCUT2D eigenvalue weighted by Crippen LogP contribution is 2.66. The SMILES string of the molecule is C=C.C=C/C=C1/CCC2C(CCC3(C)C(/C(C)=N/OCCC(N)CCCC)CCC23)C1(C)CCC.CC.CCC.CN.CNCCCF. The Hall–Kier alpha value is -1.50. The molecule has 3 aliphatic carbocycles.